The molecule has 0 saturated carbocycles. The van der Waals surface area contributed by atoms with Gasteiger partial charge in [0.15, 0.2) is 0 Å². The predicted octanol–water partition coefficient (Wildman–Crippen LogP) is 2.93. The van der Waals surface area contributed by atoms with Crippen molar-refractivity contribution in [1.82, 2.24) is 10.4 Å². The van der Waals surface area contributed by atoms with E-state index < -0.39 is 0 Å². The third kappa shape index (κ3) is 3.50. The van der Waals surface area contributed by atoms with Crippen LogP contribution in [-0.2, 0) is 6.42 Å². The Labute approximate surface area is 116 Å². The molecule has 0 amide bonds. The van der Waals surface area contributed by atoms with Crippen molar-refractivity contribution in [2.45, 2.75) is 19.4 Å². The van der Waals surface area contributed by atoms with E-state index in [4.69, 9.17) is 17.4 Å². The zero-order chi connectivity index (χ0) is 13.8. The Morgan fingerprint density at radius 2 is 2.16 bits per heavy atom. The Morgan fingerprint density at radius 1 is 1.37 bits per heavy atom. The molecule has 2 rings (SSSR count). The minimum Gasteiger partial charge on any atom is -0.271 e. The van der Waals surface area contributed by atoms with E-state index in [0.717, 1.165) is 11.3 Å². The van der Waals surface area contributed by atoms with Gasteiger partial charge in [0.05, 0.1) is 6.04 Å². The lowest BCUT2D eigenvalue weighted by Crippen LogP contribution is -2.30. The standard InChI is InChI=1S/C14H15ClFN3/c1-9-6-10(4-5-18-9)14(19-17)8-11-7-12(15)2-3-13(11)16/h2-7,14,19H,8,17H2,1H3. The fraction of sp³-hybridized carbons (Fsp3) is 0.214. The second kappa shape index (κ2) is 6.10. The maximum absolute atomic E-state index is 13.7. The summed E-state index contributed by atoms with van der Waals surface area (Å²) in [5, 5.41) is 0.512. The molecular formula is C14H15ClFN3. The van der Waals surface area contributed by atoms with E-state index in [-0.39, 0.29) is 11.9 Å². The van der Waals surface area contributed by atoms with Gasteiger partial charge in [-0.3, -0.25) is 16.3 Å². The molecule has 0 aliphatic carbocycles. The van der Waals surface area contributed by atoms with Crippen LogP contribution in [0.1, 0.15) is 22.9 Å². The van der Waals surface area contributed by atoms with Gasteiger partial charge in [-0.1, -0.05) is 11.6 Å². The number of pyridine rings is 1. The third-order valence-electron chi connectivity index (χ3n) is 2.96. The van der Waals surface area contributed by atoms with Gasteiger partial charge in [0.2, 0.25) is 0 Å². The lowest BCUT2D eigenvalue weighted by Gasteiger charge is -2.17. The number of aryl methyl sites for hydroxylation is 1. The van der Waals surface area contributed by atoms with Gasteiger partial charge in [-0.2, -0.15) is 0 Å². The van der Waals surface area contributed by atoms with Gasteiger partial charge < -0.3 is 0 Å². The number of hydrogen-bond donors (Lipinski definition) is 2. The Morgan fingerprint density at radius 3 is 2.84 bits per heavy atom. The molecule has 0 saturated heterocycles. The molecule has 3 nitrogen and oxygen atoms in total. The number of nitrogens with two attached hydrogens (primary N) is 1. The molecule has 5 heteroatoms. The van der Waals surface area contributed by atoms with E-state index in [1.165, 1.54) is 12.1 Å². The molecule has 1 aromatic heterocycles. The monoisotopic (exact) mass is 279 g/mol. The molecule has 100 valence electrons. The normalized spacial score (nSPS) is 12.4. The maximum atomic E-state index is 13.7. The van der Waals surface area contributed by atoms with Crippen LogP contribution in [0.2, 0.25) is 5.02 Å². The van der Waals surface area contributed by atoms with Crippen LogP contribution in [0.4, 0.5) is 4.39 Å². The molecule has 1 aromatic carbocycles. The first-order chi connectivity index (χ1) is 9.10. The molecule has 1 heterocycles. The molecule has 1 unspecified atom stereocenters. The van der Waals surface area contributed by atoms with Crippen molar-refractivity contribution in [3.05, 3.63) is 64.2 Å². The number of aromatic nitrogens is 1. The molecule has 0 spiro atoms. The van der Waals surface area contributed by atoms with Gasteiger partial charge in [0.1, 0.15) is 5.82 Å². The summed E-state index contributed by atoms with van der Waals surface area (Å²) in [7, 11) is 0. The molecule has 2 aromatic rings. The second-order valence-electron chi connectivity index (χ2n) is 4.39. The highest BCUT2D eigenvalue weighted by molar-refractivity contribution is 6.30. The summed E-state index contributed by atoms with van der Waals surface area (Å²) in [6, 6.07) is 8.11. The molecular weight excluding hydrogens is 265 g/mol. The van der Waals surface area contributed by atoms with Gasteiger partial charge >= 0.3 is 0 Å². The lowest BCUT2D eigenvalue weighted by atomic mass is 9.99. The quantitative estimate of drug-likeness (QED) is 0.668. The number of hydrogen-bond acceptors (Lipinski definition) is 3. The van der Waals surface area contributed by atoms with E-state index in [9.17, 15) is 4.39 Å². The van der Waals surface area contributed by atoms with Crippen LogP contribution in [0.3, 0.4) is 0 Å². The first-order valence-corrected chi connectivity index (χ1v) is 6.30. The Balaban J connectivity index is 2.26. The summed E-state index contributed by atoms with van der Waals surface area (Å²) in [5.41, 5.74) is 5.10. The van der Waals surface area contributed by atoms with Crippen molar-refractivity contribution in [3.8, 4) is 0 Å². The highest BCUT2D eigenvalue weighted by atomic mass is 35.5. The van der Waals surface area contributed by atoms with E-state index in [1.807, 2.05) is 19.1 Å². The van der Waals surface area contributed by atoms with Crippen LogP contribution in [0, 0.1) is 12.7 Å². The van der Waals surface area contributed by atoms with Crippen molar-refractivity contribution in [1.29, 1.82) is 0 Å². The number of benzene rings is 1. The zero-order valence-corrected chi connectivity index (χ0v) is 11.3. The van der Waals surface area contributed by atoms with Gasteiger partial charge in [-0.15, -0.1) is 0 Å². The SMILES string of the molecule is Cc1cc(C(Cc2cc(Cl)ccc2F)NN)ccn1. The van der Waals surface area contributed by atoms with Gasteiger partial charge in [-0.05, 0) is 54.8 Å². The highest BCUT2D eigenvalue weighted by Gasteiger charge is 2.14. The summed E-state index contributed by atoms with van der Waals surface area (Å²) in [6.45, 7) is 1.90. The molecule has 3 N–H and O–H groups in total. The van der Waals surface area contributed by atoms with E-state index in [2.05, 4.69) is 10.4 Å². The number of nitrogens with zero attached hydrogens (tertiary/aromatic N) is 1. The summed E-state index contributed by atoms with van der Waals surface area (Å²) in [5.74, 6) is 5.28. The highest BCUT2D eigenvalue weighted by Crippen LogP contribution is 2.22. The van der Waals surface area contributed by atoms with Crippen LogP contribution >= 0.6 is 11.6 Å². The maximum Gasteiger partial charge on any atom is 0.126 e. The van der Waals surface area contributed by atoms with E-state index in [0.29, 0.717) is 17.0 Å². The first kappa shape index (κ1) is 13.9. The van der Waals surface area contributed by atoms with Crippen molar-refractivity contribution in [3.63, 3.8) is 0 Å². The smallest absolute Gasteiger partial charge is 0.126 e. The van der Waals surface area contributed by atoms with Crippen molar-refractivity contribution < 1.29 is 4.39 Å². The molecule has 0 aliphatic rings. The first-order valence-electron chi connectivity index (χ1n) is 5.92. The van der Waals surface area contributed by atoms with Crippen LogP contribution in [0.15, 0.2) is 36.5 Å². The molecule has 0 aliphatic heterocycles. The Hall–Kier alpha value is -1.49. The molecule has 19 heavy (non-hydrogen) atoms. The van der Waals surface area contributed by atoms with Crippen LogP contribution < -0.4 is 11.3 Å². The van der Waals surface area contributed by atoms with E-state index >= 15 is 0 Å². The Kier molecular flexibility index (Phi) is 4.47. The summed E-state index contributed by atoms with van der Waals surface area (Å²) in [6.07, 6.45) is 2.13. The number of nitrogens with one attached hydrogen (secondary N) is 1. The Bertz CT molecular complexity index is 574. The van der Waals surface area contributed by atoms with Crippen molar-refractivity contribution in [2.24, 2.45) is 5.84 Å². The number of hydrazine groups is 1. The zero-order valence-electron chi connectivity index (χ0n) is 10.5. The fourth-order valence-corrected chi connectivity index (χ4v) is 2.17. The van der Waals surface area contributed by atoms with Gasteiger partial charge in [0, 0.05) is 16.9 Å². The topological polar surface area (TPSA) is 50.9 Å². The average molecular weight is 280 g/mol. The summed E-state index contributed by atoms with van der Waals surface area (Å²) >= 11 is 5.89. The van der Waals surface area contributed by atoms with Crippen LogP contribution in [-0.4, -0.2) is 4.98 Å². The molecule has 0 bridgehead atoms. The largest absolute Gasteiger partial charge is 0.271 e. The van der Waals surface area contributed by atoms with Gasteiger partial charge in [0.25, 0.3) is 0 Å². The second-order valence-corrected chi connectivity index (χ2v) is 4.83. The fourth-order valence-electron chi connectivity index (χ4n) is 1.98. The lowest BCUT2D eigenvalue weighted by molar-refractivity contribution is 0.528. The van der Waals surface area contributed by atoms with Crippen molar-refractivity contribution in [2.75, 3.05) is 0 Å². The summed E-state index contributed by atoms with van der Waals surface area (Å²) < 4.78 is 13.7. The minimum absolute atomic E-state index is 0.185. The molecule has 0 fully saturated rings. The molecule has 0 radical (unpaired) electrons. The predicted molar refractivity (Wildman–Crippen MR) is 74.2 cm³/mol. The number of halogens is 2. The number of rotatable bonds is 4. The minimum atomic E-state index is -0.282. The van der Waals surface area contributed by atoms with Crippen LogP contribution in [0.25, 0.3) is 0 Å². The van der Waals surface area contributed by atoms with E-state index in [1.54, 1.807) is 12.3 Å². The molecule has 1 atom stereocenters. The van der Waals surface area contributed by atoms with Crippen molar-refractivity contribution >= 4 is 11.6 Å². The van der Waals surface area contributed by atoms with Crippen LogP contribution in [0.5, 0.6) is 0 Å². The van der Waals surface area contributed by atoms with Gasteiger partial charge in [-0.25, -0.2) is 4.39 Å². The summed E-state index contributed by atoms with van der Waals surface area (Å²) in [4.78, 5) is 4.13. The third-order valence-corrected chi connectivity index (χ3v) is 3.19. The average Bonchev–Trinajstić information content (AvgIpc) is 2.39.